The van der Waals surface area contributed by atoms with Crippen LogP contribution in [-0.2, 0) is 61.8 Å². The molecule has 4 aliphatic rings. The van der Waals surface area contributed by atoms with E-state index in [1.54, 1.807) is 27.7 Å². The van der Waals surface area contributed by atoms with Crippen molar-refractivity contribution in [2.24, 2.45) is 5.11 Å². The summed E-state index contributed by atoms with van der Waals surface area (Å²) in [6, 6.07) is -1.29. The third kappa shape index (κ3) is 6.83. The first-order chi connectivity index (χ1) is 18.7. The van der Waals surface area contributed by atoms with Gasteiger partial charge in [-0.15, -0.1) is 0 Å². The molecule has 224 valence electrons. The van der Waals surface area contributed by atoms with Gasteiger partial charge in [0, 0.05) is 25.7 Å². The van der Waals surface area contributed by atoms with Crippen LogP contribution in [0.25, 0.3) is 10.4 Å². The van der Waals surface area contributed by atoms with Crippen molar-refractivity contribution in [2.75, 3.05) is 13.2 Å². The van der Waals surface area contributed by atoms with Gasteiger partial charge in [0.1, 0.15) is 43.2 Å². The van der Waals surface area contributed by atoms with Gasteiger partial charge in [-0.3, -0.25) is 14.4 Å². The monoisotopic (exact) mass is 573 g/mol. The lowest BCUT2D eigenvalue weighted by Gasteiger charge is -2.44. The van der Waals surface area contributed by atoms with E-state index < -0.39 is 90.8 Å². The number of carbonyl (C=O) groups is 3. The Kier molecular flexibility index (Phi) is 8.92. The number of rotatable bonds is 8. The molecule has 4 aliphatic heterocycles. The lowest BCUT2D eigenvalue weighted by molar-refractivity contribution is -0.293. The van der Waals surface area contributed by atoms with Gasteiger partial charge in [-0.1, -0.05) is 5.11 Å². The normalized spacial score (nSPS) is 39.3. The number of hydrogen-bond donors (Lipinski definition) is 0. The first-order valence-electron chi connectivity index (χ1n) is 12.9. The molecule has 4 fully saturated rings. The Morgan fingerprint density at radius 3 is 2.00 bits per heavy atom. The van der Waals surface area contributed by atoms with E-state index in [4.69, 9.17) is 47.4 Å². The molecule has 0 aromatic rings. The Bertz CT molecular complexity index is 1030. The summed E-state index contributed by atoms with van der Waals surface area (Å²) in [5.41, 5.74) is 9.29. The number of hydrogen-bond acceptors (Lipinski definition) is 14. The van der Waals surface area contributed by atoms with Gasteiger partial charge >= 0.3 is 17.9 Å². The number of esters is 3. The van der Waals surface area contributed by atoms with Gasteiger partial charge < -0.3 is 47.4 Å². The minimum Gasteiger partial charge on any atom is -0.463 e. The van der Waals surface area contributed by atoms with Crippen molar-refractivity contribution in [2.45, 2.75) is 121 Å². The Morgan fingerprint density at radius 1 is 0.775 bits per heavy atom. The van der Waals surface area contributed by atoms with E-state index in [1.165, 1.54) is 6.92 Å². The molecule has 1 unspecified atom stereocenters. The number of ether oxygens (including phenoxy) is 10. The molecule has 0 bridgehead atoms. The molecule has 0 amide bonds. The van der Waals surface area contributed by atoms with Crippen LogP contribution in [0.15, 0.2) is 5.11 Å². The molecule has 4 rings (SSSR count). The summed E-state index contributed by atoms with van der Waals surface area (Å²) in [7, 11) is 0. The summed E-state index contributed by atoms with van der Waals surface area (Å²) < 4.78 is 58.1. The molecule has 4 heterocycles. The molecule has 0 radical (unpaired) electrons. The number of nitrogens with zero attached hydrogens (tertiary/aromatic N) is 3. The highest BCUT2D eigenvalue weighted by Gasteiger charge is 2.61. The first kappa shape index (κ1) is 30.4. The van der Waals surface area contributed by atoms with E-state index in [9.17, 15) is 19.9 Å². The maximum atomic E-state index is 12.0. The van der Waals surface area contributed by atoms with Crippen LogP contribution in [0.4, 0.5) is 0 Å². The van der Waals surface area contributed by atoms with Crippen molar-refractivity contribution < 1.29 is 61.8 Å². The largest absolute Gasteiger partial charge is 0.463 e. The molecule has 40 heavy (non-hydrogen) atoms. The average Bonchev–Trinajstić information content (AvgIpc) is 3.32. The quantitative estimate of drug-likeness (QED) is 0.132. The van der Waals surface area contributed by atoms with Crippen LogP contribution in [0.5, 0.6) is 0 Å². The summed E-state index contributed by atoms with van der Waals surface area (Å²) in [5.74, 6) is -3.95. The Hall–Kier alpha value is -2.56. The van der Waals surface area contributed by atoms with Crippen molar-refractivity contribution in [1.29, 1.82) is 0 Å². The maximum absolute atomic E-state index is 12.0. The lowest BCUT2D eigenvalue weighted by Crippen LogP contribution is -2.62. The topological polar surface area (TPSA) is 192 Å². The predicted octanol–water partition coefficient (Wildman–Crippen LogP) is 1.23. The van der Waals surface area contributed by atoms with Gasteiger partial charge in [-0.2, -0.15) is 0 Å². The molecular weight excluding hydrogens is 538 g/mol. The van der Waals surface area contributed by atoms with Crippen LogP contribution < -0.4 is 0 Å². The molecule has 0 aliphatic carbocycles. The minimum atomic E-state index is -1.33. The van der Waals surface area contributed by atoms with Crippen LogP contribution in [0, 0.1) is 0 Å². The molecule has 0 aromatic heterocycles. The summed E-state index contributed by atoms with van der Waals surface area (Å²) in [4.78, 5) is 38.2. The summed E-state index contributed by atoms with van der Waals surface area (Å²) in [6.07, 6.45) is -8.29. The fourth-order valence-corrected chi connectivity index (χ4v) is 5.22. The summed E-state index contributed by atoms with van der Waals surface area (Å²) in [6.45, 7) is 9.98. The molecule has 16 nitrogen and oxygen atoms in total. The predicted molar refractivity (Wildman–Crippen MR) is 128 cm³/mol. The molecule has 0 N–H and O–H groups in total. The molecule has 0 saturated carbocycles. The highest BCUT2D eigenvalue weighted by atomic mass is 16.9. The Balaban J connectivity index is 1.58. The van der Waals surface area contributed by atoms with E-state index in [0.29, 0.717) is 0 Å². The third-order valence-corrected chi connectivity index (χ3v) is 6.53. The van der Waals surface area contributed by atoms with Gasteiger partial charge in [-0.25, -0.2) is 0 Å². The molecule has 10 atom stereocenters. The number of fused-ring (bicyclic) bond motifs is 3. The van der Waals surface area contributed by atoms with Gasteiger partial charge in [0.2, 0.25) is 0 Å². The zero-order chi connectivity index (χ0) is 29.4. The fourth-order valence-electron chi connectivity index (χ4n) is 5.22. The van der Waals surface area contributed by atoms with E-state index in [1.807, 2.05) is 0 Å². The van der Waals surface area contributed by atoms with Gasteiger partial charge in [0.25, 0.3) is 0 Å². The van der Waals surface area contributed by atoms with Gasteiger partial charge in [0.15, 0.2) is 36.4 Å². The van der Waals surface area contributed by atoms with Crippen molar-refractivity contribution in [3.63, 3.8) is 0 Å². The highest BCUT2D eigenvalue weighted by molar-refractivity contribution is 5.68. The standard InChI is InChI=1S/C24H35N3O13/c1-10(28)31-8-13-16(33-11(2)29)18(34-12(3)30)15(26-27-25)21(35-13)32-9-14-17-19(38-23(4,5)37-17)20-22(36-14)40-24(6,7)39-20/h13-22H,8-9H2,1-7H3/t13-,14-,15-,16+,17+,18-,19+,20-,21?,22-/m1/s1. The van der Waals surface area contributed by atoms with Crippen molar-refractivity contribution >= 4 is 17.9 Å². The first-order valence-corrected chi connectivity index (χ1v) is 12.9. The fraction of sp³-hybridized carbons (Fsp3) is 0.875. The zero-order valence-corrected chi connectivity index (χ0v) is 23.3. The number of azide groups is 1. The average molecular weight is 574 g/mol. The van der Waals surface area contributed by atoms with Crippen molar-refractivity contribution in [1.82, 2.24) is 0 Å². The lowest BCUT2D eigenvalue weighted by atomic mass is 9.96. The molecule has 16 heteroatoms. The smallest absolute Gasteiger partial charge is 0.303 e. The van der Waals surface area contributed by atoms with Crippen LogP contribution in [0.1, 0.15) is 48.5 Å². The third-order valence-electron chi connectivity index (χ3n) is 6.53. The Morgan fingerprint density at radius 2 is 1.38 bits per heavy atom. The van der Waals surface area contributed by atoms with E-state index in [2.05, 4.69) is 10.0 Å². The summed E-state index contributed by atoms with van der Waals surface area (Å²) >= 11 is 0. The van der Waals surface area contributed by atoms with Crippen LogP contribution in [-0.4, -0.2) is 104 Å². The Labute approximate surface area is 230 Å². The second-order valence-electron chi connectivity index (χ2n) is 10.7. The van der Waals surface area contributed by atoms with Crippen molar-refractivity contribution in [3.8, 4) is 0 Å². The van der Waals surface area contributed by atoms with Gasteiger partial charge in [0.05, 0.1) is 6.61 Å². The van der Waals surface area contributed by atoms with Crippen LogP contribution in [0.3, 0.4) is 0 Å². The second kappa shape index (κ2) is 11.7. The van der Waals surface area contributed by atoms with Crippen LogP contribution in [0.2, 0.25) is 0 Å². The summed E-state index contributed by atoms with van der Waals surface area (Å²) in [5, 5.41) is 3.73. The van der Waals surface area contributed by atoms with Crippen molar-refractivity contribution in [3.05, 3.63) is 10.4 Å². The van der Waals surface area contributed by atoms with Crippen LogP contribution >= 0.6 is 0 Å². The van der Waals surface area contributed by atoms with Gasteiger partial charge in [-0.05, 0) is 33.2 Å². The molecule has 4 saturated heterocycles. The zero-order valence-electron chi connectivity index (χ0n) is 23.3. The molecule has 0 aromatic carbocycles. The SMILES string of the molecule is CC(=O)OC[C@H]1OC(OC[C@H]2O[C@@H]3OC(C)(C)O[C@@H]3[C@H]3OC(C)(C)O[C@H]32)[C@H](N=[N+]=[N-])[C@@H](OC(C)=O)[C@H]1OC(C)=O. The number of carbonyl (C=O) groups excluding carboxylic acids is 3. The van der Waals surface area contributed by atoms with E-state index in [-0.39, 0.29) is 13.2 Å². The van der Waals surface area contributed by atoms with E-state index >= 15 is 0 Å². The van der Waals surface area contributed by atoms with E-state index in [0.717, 1.165) is 13.8 Å². The molecular formula is C24H35N3O13. The highest BCUT2D eigenvalue weighted by Crippen LogP contribution is 2.44. The second-order valence-corrected chi connectivity index (χ2v) is 10.7. The molecule has 0 spiro atoms. The minimum absolute atomic E-state index is 0.166. The maximum Gasteiger partial charge on any atom is 0.303 e.